The summed E-state index contributed by atoms with van der Waals surface area (Å²) in [6.45, 7) is 10.3. The zero-order chi connectivity index (χ0) is 22.5. The van der Waals surface area contributed by atoms with Crippen LogP contribution in [0.5, 0.6) is 0 Å². The van der Waals surface area contributed by atoms with Gasteiger partial charge in [0.25, 0.3) is 0 Å². The molecule has 0 amide bonds. The Bertz CT molecular complexity index is 771. The monoisotopic (exact) mass is 444 g/mol. The minimum absolute atomic E-state index is 0.200. The molecule has 0 aromatic rings. The highest BCUT2D eigenvalue weighted by Gasteiger charge is 2.71. The van der Waals surface area contributed by atoms with Gasteiger partial charge in [0.05, 0.1) is 18.8 Å². The number of hydrogen-bond donors (Lipinski definition) is 0. The van der Waals surface area contributed by atoms with E-state index in [1.165, 1.54) is 32.1 Å². The van der Waals surface area contributed by atoms with Crippen molar-refractivity contribution < 1.29 is 19.0 Å². The van der Waals surface area contributed by atoms with E-state index in [0.717, 1.165) is 38.2 Å². The van der Waals surface area contributed by atoms with Crippen LogP contribution in [0.1, 0.15) is 85.5 Å². The van der Waals surface area contributed by atoms with Crippen molar-refractivity contribution in [1.82, 2.24) is 0 Å². The van der Waals surface area contributed by atoms with Crippen LogP contribution in [0.2, 0.25) is 0 Å². The van der Waals surface area contributed by atoms with E-state index in [0.29, 0.717) is 52.8 Å². The normalized spacial score (nSPS) is 59.4. The third-order valence-corrected chi connectivity index (χ3v) is 12.1. The molecule has 32 heavy (non-hydrogen) atoms. The summed E-state index contributed by atoms with van der Waals surface area (Å²) in [5.74, 6) is 3.80. The molecule has 4 aliphatic carbocycles. The van der Waals surface area contributed by atoms with Crippen LogP contribution in [0.25, 0.3) is 0 Å². The number of carbonyl (C=O) groups excluding carboxylic acids is 1. The van der Waals surface area contributed by atoms with Crippen molar-refractivity contribution in [2.75, 3.05) is 13.7 Å². The third-order valence-electron chi connectivity index (χ3n) is 12.1. The molecular weight excluding hydrogens is 400 g/mol. The van der Waals surface area contributed by atoms with Gasteiger partial charge < -0.3 is 14.2 Å². The molecule has 0 N–H and O–H groups in total. The lowest BCUT2D eigenvalue weighted by molar-refractivity contribution is -0.272. The van der Waals surface area contributed by atoms with Crippen LogP contribution >= 0.6 is 0 Å². The molecule has 12 unspecified atom stereocenters. The predicted molar refractivity (Wildman–Crippen MR) is 123 cm³/mol. The summed E-state index contributed by atoms with van der Waals surface area (Å²) in [5.41, 5.74) is 0.0804. The van der Waals surface area contributed by atoms with E-state index in [1.54, 1.807) is 0 Å². The number of rotatable bonds is 1. The van der Waals surface area contributed by atoms with E-state index in [4.69, 9.17) is 14.2 Å². The minimum atomic E-state index is -0.435. The number of fused-ring (bicyclic) bond motifs is 7. The molecule has 4 saturated carbocycles. The molecule has 12 atom stereocenters. The maximum atomic E-state index is 14.1. The number of Topliss-reactive ketones (excluding diaryl/α,β-unsaturated/α-hetero) is 1. The van der Waals surface area contributed by atoms with Gasteiger partial charge in [0, 0.05) is 37.2 Å². The topological polar surface area (TPSA) is 44.8 Å². The summed E-state index contributed by atoms with van der Waals surface area (Å²) in [6, 6.07) is 0. The van der Waals surface area contributed by atoms with Crippen molar-refractivity contribution in [3.63, 3.8) is 0 Å². The zero-order valence-corrected chi connectivity index (χ0v) is 20.9. The molecule has 4 nitrogen and oxygen atoms in total. The van der Waals surface area contributed by atoms with Gasteiger partial charge in [-0.1, -0.05) is 27.7 Å². The smallest absolute Gasteiger partial charge is 0.171 e. The van der Waals surface area contributed by atoms with Crippen molar-refractivity contribution >= 4 is 5.78 Å². The fourth-order valence-electron chi connectivity index (χ4n) is 10.1. The van der Waals surface area contributed by atoms with Gasteiger partial charge in [-0.15, -0.1) is 0 Å². The van der Waals surface area contributed by atoms with Gasteiger partial charge in [-0.05, 0) is 80.0 Å². The molecule has 0 aromatic heterocycles. The van der Waals surface area contributed by atoms with Gasteiger partial charge in [0.1, 0.15) is 5.78 Å². The van der Waals surface area contributed by atoms with Crippen molar-refractivity contribution in [3.05, 3.63) is 0 Å². The van der Waals surface area contributed by atoms with E-state index < -0.39 is 5.79 Å². The van der Waals surface area contributed by atoms with Crippen LogP contribution in [0.3, 0.4) is 0 Å². The lowest BCUT2D eigenvalue weighted by atomic mass is 9.44. The Labute approximate surface area is 194 Å². The summed E-state index contributed by atoms with van der Waals surface area (Å²) >= 11 is 0. The molecule has 6 aliphatic rings. The Morgan fingerprint density at radius 3 is 2.53 bits per heavy atom. The van der Waals surface area contributed by atoms with Crippen LogP contribution < -0.4 is 0 Å². The summed E-state index contributed by atoms with van der Waals surface area (Å²) in [7, 11) is 1.87. The molecule has 2 saturated heterocycles. The first kappa shape index (κ1) is 22.0. The Morgan fingerprint density at radius 1 is 1.00 bits per heavy atom. The highest BCUT2D eigenvalue weighted by molar-refractivity contribution is 5.87. The lowest BCUT2D eigenvalue weighted by Gasteiger charge is -2.60. The third kappa shape index (κ3) is 2.75. The molecule has 0 bridgehead atoms. The second-order valence-electron chi connectivity index (χ2n) is 13.2. The van der Waals surface area contributed by atoms with Gasteiger partial charge >= 0.3 is 0 Å². The van der Waals surface area contributed by atoms with Crippen molar-refractivity contribution in [2.45, 2.75) is 103 Å². The van der Waals surface area contributed by atoms with E-state index in [2.05, 4.69) is 27.7 Å². The van der Waals surface area contributed by atoms with Crippen LogP contribution in [0, 0.1) is 52.3 Å². The number of methoxy groups -OCH3 is 1. The maximum Gasteiger partial charge on any atom is 0.171 e. The Kier molecular flexibility index (Phi) is 5.01. The zero-order valence-electron chi connectivity index (χ0n) is 20.9. The number of hydrogen-bond acceptors (Lipinski definition) is 4. The predicted octanol–water partition coefficient (Wildman–Crippen LogP) is 5.63. The highest BCUT2D eigenvalue weighted by Crippen LogP contribution is 2.70. The summed E-state index contributed by atoms with van der Waals surface area (Å²) in [5, 5.41) is 0. The van der Waals surface area contributed by atoms with Gasteiger partial charge in [0.2, 0.25) is 0 Å². The van der Waals surface area contributed by atoms with Crippen molar-refractivity contribution in [3.8, 4) is 0 Å². The molecule has 2 aliphatic heterocycles. The van der Waals surface area contributed by atoms with Crippen LogP contribution in [0.15, 0.2) is 0 Å². The Hall–Kier alpha value is -0.450. The highest BCUT2D eigenvalue weighted by atomic mass is 16.7. The minimum Gasteiger partial charge on any atom is -0.381 e. The van der Waals surface area contributed by atoms with E-state index in [-0.39, 0.29) is 11.5 Å². The van der Waals surface area contributed by atoms with E-state index in [9.17, 15) is 4.79 Å². The van der Waals surface area contributed by atoms with Crippen LogP contribution in [0.4, 0.5) is 0 Å². The number of ketones is 1. The summed E-state index contributed by atoms with van der Waals surface area (Å²) in [4.78, 5) is 14.1. The first-order valence-corrected chi connectivity index (χ1v) is 13.6. The molecule has 6 fully saturated rings. The van der Waals surface area contributed by atoms with Gasteiger partial charge in [0.15, 0.2) is 5.79 Å². The standard InChI is InChI=1S/C28H44O4/c1-16-8-11-28(31-15-16)17(2)25-23(32-28)13-22-20-7-6-18-12-19(30-5)9-10-26(18,3)21(20)14-24(29)27(22,25)4/h16-23,25H,6-15H2,1-5H3. The molecule has 180 valence electrons. The number of ether oxygens (including phenoxy) is 3. The molecule has 0 radical (unpaired) electrons. The fraction of sp³-hybridized carbons (Fsp3) is 0.964. The number of carbonyl (C=O) groups is 1. The second kappa shape index (κ2) is 7.28. The van der Waals surface area contributed by atoms with Crippen molar-refractivity contribution in [1.29, 1.82) is 0 Å². The first-order chi connectivity index (χ1) is 15.2. The average molecular weight is 445 g/mol. The largest absolute Gasteiger partial charge is 0.381 e. The van der Waals surface area contributed by atoms with E-state index >= 15 is 0 Å². The van der Waals surface area contributed by atoms with Crippen molar-refractivity contribution in [2.24, 2.45) is 52.3 Å². The first-order valence-electron chi connectivity index (χ1n) is 13.6. The van der Waals surface area contributed by atoms with Gasteiger partial charge in [-0.3, -0.25) is 4.79 Å². The molecule has 6 rings (SSSR count). The van der Waals surface area contributed by atoms with E-state index in [1.807, 2.05) is 7.11 Å². The summed E-state index contributed by atoms with van der Waals surface area (Å²) < 4.78 is 19.0. The molecule has 4 heteroatoms. The van der Waals surface area contributed by atoms with Crippen LogP contribution in [-0.4, -0.2) is 37.5 Å². The maximum absolute atomic E-state index is 14.1. The summed E-state index contributed by atoms with van der Waals surface area (Å²) in [6.07, 6.45) is 10.8. The Morgan fingerprint density at radius 2 is 1.81 bits per heavy atom. The quantitative estimate of drug-likeness (QED) is 0.526. The van der Waals surface area contributed by atoms with Gasteiger partial charge in [-0.2, -0.15) is 0 Å². The molecule has 1 spiro atoms. The lowest BCUT2D eigenvalue weighted by Crippen LogP contribution is -2.58. The molecule has 0 aromatic carbocycles. The molecular formula is C28H44O4. The fourth-order valence-corrected chi connectivity index (χ4v) is 10.1. The average Bonchev–Trinajstić information content (AvgIpc) is 3.22. The van der Waals surface area contributed by atoms with Crippen LogP contribution in [-0.2, 0) is 19.0 Å². The second-order valence-corrected chi connectivity index (χ2v) is 13.2. The molecule has 2 heterocycles. The van der Waals surface area contributed by atoms with Gasteiger partial charge in [-0.25, -0.2) is 0 Å². The SMILES string of the molecule is COC1CCC2(C)C(CCC3C2CC(=O)C2(C)C3CC3OC4(CCC(C)CO4)C(C)C32)C1. The Balaban J connectivity index is 1.28.